The van der Waals surface area contributed by atoms with Crippen LogP contribution >= 0.6 is 0 Å². The molecule has 20 heavy (non-hydrogen) atoms. The topological polar surface area (TPSA) is 68.8 Å². The van der Waals surface area contributed by atoms with E-state index >= 15 is 0 Å². The first-order valence-electron chi connectivity index (χ1n) is 6.35. The number of nitrogens with one attached hydrogen (secondary N) is 1. The fourth-order valence-electron chi connectivity index (χ4n) is 2.12. The van der Waals surface area contributed by atoms with Gasteiger partial charge in [0, 0.05) is 18.6 Å². The number of nitrogens with two attached hydrogens (primary N) is 1. The third kappa shape index (κ3) is 2.45. The molecule has 1 atom stereocenters. The van der Waals surface area contributed by atoms with Crippen molar-refractivity contribution in [1.29, 1.82) is 0 Å². The van der Waals surface area contributed by atoms with Gasteiger partial charge in [-0.25, -0.2) is 10.1 Å². The van der Waals surface area contributed by atoms with Gasteiger partial charge in [0.25, 0.3) is 0 Å². The Morgan fingerprint density at radius 1 is 1.05 bits per heavy atom. The van der Waals surface area contributed by atoms with E-state index in [2.05, 4.69) is 15.5 Å². The smallest absolute Gasteiger partial charge is 0.0914 e. The number of pyridine rings is 1. The van der Waals surface area contributed by atoms with Crippen LogP contribution in [0.4, 0.5) is 0 Å². The molecule has 0 aliphatic heterocycles. The van der Waals surface area contributed by atoms with Crippen LogP contribution in [0.1, 0.15) is 17.3 Å². The molecule has 0 amide bonds. The van der Waals surface area contributed by atoms with Gasteiger partial charge in [0.05, 0.1) is 17.4 Å². The fraction of sp³-hybridized carbons (Fsp3) is 0.0667. The first kappa shape index (κ1) is 12.5. The molecule has 1 unspecified atom stereocenters. The van der Waals surface area contributed by atoms with Gasteiger partial charge in [-0.05, 0) is 29.8 Å². The molecule has 5 heteroatoms. The van der Waals surface area contributed by atoms with Crippen LogP contribution in [0, 0.1) is 0 Å². The van der Waals surface area contributed by atoms with Gasteiger partial charge in [-0.2, -0.15) is 5.10 Å². The van der Waals surface area contributed by atoms with Gasteiger partial charge in [0.1, 0.15) is 0 Å². The summed E-state index contributed by atoms with van der Waals surface area (Å²) >= 11 is 0. The van der Waals surface area contributed by atoms with Crippen molar-refractivity contribution in [3.63, 3.8) is 0 Å². The van der Waals surface area contributed by atoms with Crippen molar-refractivity contribution in [3.05, 3.63) is 78.4 Å². The SMILES string of the molecule is NNC(c1cccnc1)c1ccn(-c2ccccc2)n1. The number of para-hydroxylation sites is 1. The van der Waals surface area contributed by atoms with Crippen LogP contribution in [-0.4, -0.2) is 14.8 Å². The molecule has 0 bridgehead atoms. The summed E-state index contributed by atoms with van der Waals surface area (Å²) in [5.74, 6) is 5.66. The van der Waals surface area contributed by atoms with Crippen LogP contribution in [0.3, 0.4) is 0 Å². The lowest BCUT2D eigenvalue weighted by molar-refractivity contribution is 0.610. The Hall–Kier alpha value is -2.50. The van der Waals surface area contributed by atoms with Gasteiger partial charge in [-0.1, -0.05) is 24.3 Å². The average molecular weight is 265 g/mol. The molecule has 0 fully saturated rings. The molecule has 0 saturated heterocycles. The third-order valence-corrected chi connectivity index (χ3v) is 3.11. The molecular formula is C15H15N5. The highest BCUT2D eigenvalue weighted by Gasteiger charge is 2.15. The molecule has 3 rings (SSSR count). The Kier molecular flexibility index (Phi) is 3.54. The molecule has 3 aromatic rings. The lowest BCUT2D eigenvalue weighted by Crippen LogP contribution is -2.29. The summed E-state index contributed by atoms with van der Waals surface area (Å²) < 4.78 is 1.83. The number of rotatable bonds is 4. The van der Waals surface area contributed by atoms with Gasteiger partial charge in [0.2, 0.25) is 0 Å². The zero-order valence-corrected chi connectivity index (χ0v) is 10.8. The zero-order chi connectivity index (χ0) is 13.8. The third-order valence-electron chi connectivity index (χ3n) is 3.11. The van der Waals surface area contributed by atoms with Crippen LogP contribution < -0.4 is 11.3 Å². The Bertz CT molecular complexity index is 663. The Morgan fingerprint density at radius 2 is 1.90 bits per heavy atom. The van der Waals surface area contributed by atoms with Gasteiger partial charge < -0.3 is 0 Å². The van der Waals surface area contributed by atoms with Gasteiger partial charge in [-0.3, -0.25) is 10.8 Å². The lowest BCUT2D eigenvalue weighted by atomic mass is 10.1. The van der Waals surface area contributed by atoms with Crippen LogP contribution in [0.2, 0.25) is 0 Å². The molecule has 2 heterocycles. The zero-order valence-electron chi connectivity index (χ0n) is 10.8. The number of aromatic nitrogens is 3. The highest BCUT2D eigenvalue weighted by atomic mass is 15.3. The van der Waals surface area contributed by atoms with Gasteiger partial charge in [0.15, 0.2) is 0 Å². The fourth-order valence-corrected chi connectivity index (χ4v) is 2.12. The number of hydrogen-bond donors (Lipinski definition) is 2. The first-order valence-corrected chi connectivity index (χ1v) is 6.35. The Balaban J connectivity index is 1.93. The molecule has 2 aromatic heterocycles. The minimum atomic E-state index is -0.173. The van der Waals surface area contributed by atoms with Gasteiger partial charge >= 0.3 is 0 Å². The summed E-state index contributed by atoms with van der Waals surface area (Å²) in [6.45, 7) is 0. The van der Waals surface area contributed by atoms with E-state index in [1.807, 2.05) is 59.4 Å². The number of hydrazine groups is 1. The van der Waals surface area contributed by atoms with Crippen LogP contribution in [0.5, 0.6) is 0 Å². The van der Waals surface area contributed by atoms with Crippen molar-refractivity contribution in [1.82, 2.24) is 20.2 Å². The molecule has 0 aliphatic rings. The van der Waals surface area contributed by atoms with Crippen molar-refractivity contribution >= 4 is 0 Å². The first-order chi connectivity index (χ1) is 9.88. The van der Waals surface area contributed by atoms with Crippen molar-refractivity contribution in [2.24, 2.45) is 5.84 Å². The monoisotopic (exact) mass is 265 g/mol. The predicted molar refractivity (Wildman–Crippen MR) is 77.0 cm³/mol. The van der Waals surface area contributed by atoms with E-state index < -0.39 is 0 Å². The summed E-state index contributed by atoms with van der Waals surface area (Å²) in [4.78, 5) is 4.11. The van der Waals surface area contributed by atoms with Crippen molar-refractivity contribution in [3.8, 4) is 5.69 Å². The molecule has 1 aromatic carbocycles. The van der Waals surface area contributed by atoms with E-state index in [9.17, 15) is 0 Å². The summed E-state index contributed by atoms with van der Waals surface area (Å²) in [5, 5.41) is 4.57. The second kappa shape index (κ2) is 5.64. The van der Waals surface area contributed by atoms with Crippen LogP contribution in [-0.2, 0) is 0 Å². The molecule has 3 N–H and O–H groups in total. The highest BCUT2D eigenvalue weighted by molar-refractivity contribution is 5.32. The maximum atomic E-state index is 5.66. The summed E-state index contributed by atoms with van der Waals surface area (Å²) in [6.07, 6.45) is 5.44. The highest BCUT2D eigenvalue weighted by Crippen LogP contribution is 2.19. The van der Waals surface area contributed by atoms with Crippen molar-refractivity contribution in [2.45, 2.75) is 6.04 Å². The standard InChI is InChI=1S/C15H15N5/c16-18-15(12-5-4-9-17-11-12)14-8-10-20(19-14)13-6-2-1-3-7-13/h1-11,15,18H,16H2. The van der Waals surface area contributed by atoms with E-state index in [4.69, 9.17) is 5.84 Å². The minimum Gasteiger partial charge on any atom is -0.271 e. The lowest BCUT2D eigenvalue weighted by Gasteiger charge is -2.13. The maximum absolute atomic E-state index is 5.66. The predicted octanol–water partition coefficient (Wildman–Crippen LogP) is 1.82. The summed E-state index contributed by atoms with van der Waals surface area (Å²) in [7, 11) is 0. The Labute approximate surface area is 117 Å². The number of nitrogens with zero attached hydrogens (tertiary/aromatic N) is 3. The summed E-state index contributed by atoms with van der Waals surface area (Å²) in [5.41, 5.74) is 5.63. The molecule has 0 aliphatic carbocycles. The van der Waals surface area contributed by atoms with E-state index in [1.165, 1.54) is 0 Å². The van der Waals surface area contributed by atoms with Crippen molar-refractivity contribution in [2.75, 3.05) is 0 Å². The molecule has 5 nitrogen and oxygen atoms in total. The molecule has 0 radical (unpaired) electrons. The van der Waals surface area contributed by atoms with E-state index in [1.54, 1.807) is 12.4 Å². The van der Waals surface area contributed by atoms with E-state index in [0.717, 1.165) is 16.9 Å². The molecular weight excluding hydrogens is 250 g/mol. The molecule has 100 valence electrons. The second-order valence-corrected chi connectivity index (χ2v) is 4.41. The number of hydrogen-bond acceptors (Lipinski definition) is 4. The van der Waals surface area contributed by atoms with E-state index in [0.29, 0.717) is 0 Å². The normalized spacial score (nSPS) is 12.2. The summed E-state index contributed by atoms with van der Waals surface area (Å²) in [6, 6.07) is 15.6. The van der Waals surface area contributed by atoms with E-state index in [-0.39, 0.29) is 6.04 Å². The van der Waals surface area contributed by atoms with Gasteiger partial charge in [-0.15, -0.1) is 0 Å². The Morgan fingerprint density at radius 3 is 2.60 bits per heavy atom. The second-order valence-electron chi connectivity index (χ2n) is 4.41. The van der Waals surface area contributed by atoms with Crippen LogP contribution in [0.15, 0.2) is 67.1 Å². The minimum absolute atomic E-state index is 0.173. The molecule has 0 saturated carbocycles. The van der Waals surface area contributed by atoms with Crippen molar-refractivity contribution < 1.29 is 0 Å². The molecule has 0 spiro atoms. The average Bonchev–Trinajstić information content (AvgIpc) is 3.00. The quantitative estimate of drug-likeness (QED) is 0.557. The van der Waals surface area contributed by atoms with Crippen LogP contribution in [0.25, 0.3) is 5.69 Å². The number of benzene rings is 1. The maximum Gasteiger partial charge on any atom is 0.0914 e. The largest absolute Gasteiger partial charge is 0.271 e.